The Bertz CT molecular complexity index is 846. The minimum Gasteiger partial charge on any atom is -0.493 e. The Morgan fingerprint density at radius 1 is 1.07 bits per heavy atom. The molecule has 2 aromatic carbocycles. The zero-order valence-corrected chi connectivity index (χ0v) is 17.4. The van der Waals surface area contributed by atoms with E-state index in [2.05, 4.69) is 5.32 Å². The van der Waals surface area contributed by atoms with Crippen LogP contribution in [0.25, 0.3) is 0 Å². The van der Waals surface area contributed by atoms with Gasteiger partial charge in [0.15, 0.2) is 23.3 Å². The standard InChI is InChI=1S/C22H28N2O4/c1-14-11-20(27-5)21(28-6)12-18(14)13-24(4)15(2)22(26)23-19-9-7-17(8-10-19)16(3)25/h7-12,15H,13H2,1-6H3,(H,23,26)/p+1/t15-/m1/s1. The maximum absolute atomic E-state index is 12.6. The van der Waals surface area contributed by atoms with Crippen LogP contribution in [0.4, 0.5) is 5.69 Å². The molecule has 2 aromatic rings. The van der Waals surface area contributed by atoms with Crippen LogP contribution in [0.3, 0.4) is 0 Å². The summed E-state index contributed by atoms with van der Waals surface area (Å²) in [6.45, 7) is 6.10. The van der Waals surface area contributed by atoms with Gasteiger partial charge in [-0.2, -0.15) is 0 Å². The lowest BCUT2D eigenvalue weighted by Gasteiger charge is -2.22. The number of carbonyl (C=O) groups is 2. The molecule has 0 aliphatic heterocycles. The first-order valence-corrected chi connectivity index (χ1v) is 9.22. The molecule has 0 aliphatic carbocycles. The number of Topliss-reactive ketones (excluding diaryl/α,β-unsaturated/α-hetero) is 1. The van der Waals surface area contributed by atoms with Crippen LogP contribution in [0.1, 0.15) is 35.3 Å². The largest absolute Gasteiger partial charge is 0.493 e. The van der Waals surface area contributed by atoms with Crippen molar-refractivity contribution >= 4 is 17.4 Å². The Morgan fingerprint density at radius 2 is 1.64 bits per heavy atom. The maximum atomic E-state index is 12.6. The Morgan fingerprint density at radius 3 is 2.18 bits per heavy atom. The lowest BCUT2D eigenvalue weighted by molar-refractivity contribution is -0.907. The summed E-state index contributed by atoms with van der Waals surface area (Å²) in [5, 5.41) is 2.91. The normalized spacial score (nSPS) is 12.8. The van der Waals surface area contributed by atoms with Gasteiger partial charge in [0.2, 0.25) is 0 Å². The van der Waals surface area contributed by atoms with E-state index in [1.54, 1.807) is 38.5 Å². The molecule has 0 radical (unpaired) electrons. The summed E-state index contributed by atoms with van der Waals surface area (Å²) in [6.07, 6.45) is 0. The fraction of sp³-hybridized carbons (Fsp3) is 0.364. The van der Waals surface area contributed by atoms with Crippen molar-refractivity contribution in [3.8, 4) is 11.5 Å². The number of ketones is 1. The lowest BCUT2D eigenvalue weighted by Crippen LogP contribution is -3.12. The van der Waals surface area contributed by atoms with Crippen LogP contribution < -0.4 is 19.7 Å². The monoisotopic (exact) mass is 385 g/mol. The van der Waals surface area contributed by atoms with Gasteiger partial charge in [-0.25, -0.2) is 0 Å². The van der Waals surface area contributed by atoms with Gasteiger partial charge in [0.05, 0.1) is 21.3 Å². The number of aryl methyl sites for hydroxylation is 1. The van der Waals surface area contributed by atoms with Crippen molar-refractivity contribution in [1.29, 1.82) is 0 Å². The van der Waals surface area contributed by atoms with Crippen molar-refractivity contribution in [1.82, 2.24) is 0 Å². The zero-order chi connectivity index (χ0) is 20.8. The van der Waals surface area contributed by atoms with Gasteiger partial charge in [0.25, 0.3) is 5.91 Å². The molecule has 1 amide bonds. The summed E-state index contributed by atoms with van der Waals surface area (Å²) in [5.41, 5.74) is 3.49. The van der Waals surface area contributed by atoms with Crippen LogP contribution in [-0.4, -0.2) is 39.0 Å². The highest BCUT2D eigenvalue weighted by atomic mass is 16.5. The molecule has 2 rings (SSSR count). The highest BCUT2D eigenvalue weighted by Gasteiger charge is 2.23. The van der Waals surface area contributed by atoms with Gasteiger partial charge in [0.1, 0.15) is 6.54 Å². The Labute approximate surface area is 166 Å². The number of amides is 1. The molecule has 6 heteroatoms. The zero-order valence-electron chi connectivity index (χ0n) is 17.4. The molecule has 1 unspecified atom stereocenters. The van der Waals surface area contributed by atoms with Gasteiger partial charge >= 0.3 is 0 Å². The average molecular weight is 385 g/mol. The third-order valence-corrected chi connectivity index (χ3v) is 5.00. The summed E-state index contributed by atoms with van der Waals surface area (Å²) < 4.78 is 10.7. The number of likely N-dealkylation sites (N-methyl/N-ethyl adjacent to an activating group) is 1. The first-order chi connectivity index (χ1) is 13.3. The van der Waals surface area contributed by atoms with E-state index in [0.717, 1.165) is 16.0 Å². The minimum atomic E-state index is -0.264. The molecule has 2 N–H and O–H groups in total. The van der Waals surface area contributed by atoms with Crippen LogP contribution in [0, 0.1) is 6.92 Å². The highest BCUT2D eigenvalue weighted by Crippen LogP contribution is 2.29. The van der Waals surface area contributed by atoms with Crippen LogP contribution >= 0.6 is 0 Å². The van der Waals surface area contributed by atoms with Crippen molar-refractivity contribution in [2.24, 2.45) is 0 Å². The number of quaternary nitrogens is 1. The molecule has 0 saturated heterocycles. The number of hydrogen-bond donors (Lipinski definition) is 2. The minimum absolute atomic E-state index is 0.000659. The summed E-state index contributed by atoms with van der Waals surface area (Å²) in [4.78, 5) is 25.0. The van der Waals surface area contributed by atoms with Crippen molar-refractivity contribution in [3.05, 3.63) is 53.1 Å². The van der Waals surface area contributed by atoms with Gasteiger partial charge < -0.3 is 19.7 Å². The van der Waals surface area contributed by atoms with Crippen LogP contribution in [-0.2, 0) is 11.3 Å². The molecule has 0 aromatic heterocycles. The topological polar surface area (TPSA) is 69.1 Å². The second kappa shape index (κ2) is 9.37. The number of anilines is 1. The maximum Gasteiger partial charge on any atom is 0.282 e. The van der Waals surface area contributed by atoms with Crippen molar-refractivity contribution in [2.45, 2.75) is 33.4 Å². The molecular formula is C22H29N2O4+. The van der Waals surface area contributed by atoms with Crippen LogP contribution in [0.15, 0.2) is 36.4 Å². The molecule has 28 heavy (non-hydrogen) atoms. The van der Waals surface area contributed by atoms with Gasteiger partial charge in [0, 0.05) is 16.8 Å². The molecule has 150 valence electrons. The summed E-state index contributed by atoms with van der Waals surface area (Å²) in [6, 6.07) is 10.6. The van der Waals surface area contributed by atoms with E-state index in [-0.39, 0.29) is 17.7 Å². The van der Waals surface area contributed by atoms with Crippen LogP contribution in [0.2, 0.25) is 0 Å². The van der Waals surface area contributed by atoms with Crippen LogP contribution in [0.5, 0.6) is 11.5 Å². The molecule has 0 saturated carbocycles. The number of hydrogen-bond acceptors (Lipinski definition) is 4. The Hall–Kier alpha value is -2.86. The first kappa shape index (κ1) is 21.4. The van der Waals surface area contributed by atoms with Crippen molar-refractivity contribution in [3.63, 3.8) is 0 Å². The average Bonchev–Trinajstić information content (AvgIpc) is 2.68. The fourth-order valence-corrected chi connectivity index (χ4v) is 2.93. The number of carbonyl (C=O) groups excluding carboxylic acids is 2. The van der Waals surface area contributed by atoms with E-state index in [1.807, 2.05) is 33.0 Å². The number of methoxy groups -OCH3 is 2. The predicted octanol–water partition coefficient (Wildman–Crippen LogP) is 2.26. The first-order valence-electron chi connectivity index (χ1n) is 9.22. The predicted molar refractivity (Wildman–Crippen MR) is 109 cm³/mol. The van der Waals surface area contributed by atoms with Gasteiger partial charge in [-0.15, -0.1) is 0 Å². The van der Waals surface area contributed by atoms with Gasteiger partial charge in [-0.05, 0) is 62.7 Å². The Kier molecular flexibility index (Phi) is 7.18. The molecule has 2 atom stereocenters. The number of ether oxygens (including phenoxy) is 2. The van der Waals surface area contributed by atoms with E-state index >= 15 is 0 Å². The second-order valence-corrected chi connectivity index (χ2v) is 7.00. The molecule has 0 heterocycles. The van der Waals surface area contributed by atoms with E-state index in [1.165, 1.54) is 6.92 Å². The van der Waals surface area contributed by atoms with E-state index < -0.39 is 0 Å². The third kappa shape index (κ3) is 5.10. The second-order valence-electron chi connectivity index (χ2n) is 7.00. The quantitative estimate of drug-likeness (QED) is 0.684. The lowest BCUT2D eigenvalue weighted by atomic mass is 10.1. The van der Waals surface area contributed by atoms with E-state index in [9.17, 15) is 9.59 Å². The smallest absolute Gasteiger partial charge is 0.282 e. The molecule has 0 spiro atoms. The summed E-state index contributed by atoms with van der Waals surface area (Å²) >= 11 is 0. The number of rotatable bonds is 8. The molecule has 6 nitrogen and oxygen atoms in total. The molecule has 0 bridgehead atoms. The van der Waals surface area contributed by atoms with Gasteiger partial charge in [-0.3, -0.25) is 9.59 Å². The fourth-order valence-electron chi connectivity index (χ4n) is 2.93. The number of benzene rings is 2. The van der Waals surface area contributed by atoms with Gasteiger partial charge in [-0.1, -0.05) is 0 Å². The molecular weight excluding hydrogens is 356 g/mol. The summed E-state index contributed by atoms with van der Waals surface area (Å²) in [5.74, 6) is 1.30. The highest BCUT2D eigenvalue weighted by molar-refractivity contribution is 5.96. The number of nitrogens with one attached hydrogen (secondary N) is 2. The molecule has 0 fully saturated rings. The van der Waals surface area contributed by atoms with Crippen molar-refractivity contribution in [2.75, 3.05) is 26.6 Å². The van der Waals surface area contributed by atoms with Crippen molar-refractivity contribution < 1.29 is 24.0 Å². The third-order valence-electron chi connectivity index (χ3n) is 5.00. The Balaban J connectivity index is 2.06. The SMILES string of the molecule is COc1cc(C)c(C[NH+](C)[C@H](C)C(=O)Nc2ccc(C(C)=O)cc2)cc1OC. The summed E-state index contributed by atoms with van der Waals surface area (Å²) in [7, 11) is 5.21. The van der Waals surface area contributed by atoms with E-state index in [4.69, 9.17) is 9.47 Å². The molecule has 0 aliphatic rings. The van der Waals surface area contributed by atoms with E-state index in [0.29, 0.717) is 29.3 Å².